The van der Waals surface area contributed by atoms with E-state index in [0.717, 1.165) is 39.4 Å². The molecule has 2 aromatic heterocycles. The van der Waals surface area contributed by atoms with E-state index >= 15 is 0 Å². The van der Waals surface area contributed by atoms with Crippen molar-refractivity contribution in [2.75, 3.05) is 23.7 Å². The van der Waals surface area contributed by atoms with E-state index in [1.54, 1.807) is 0 Å². The average molecular weight is 546 g/mol. The lowest BCUT2D eigenvalue weighted by atomic mass is 9.93. The molecule has 206 valence electrons. The Balaban J connectivity index is 1.60. The molecule has 0 radical (unpaired) electrons. The molecule has 4 rings (SSSR count). The van der Waals surface area contributed by atoms with Crippen molar-refractivity contribution in [3.63, 3.8) is 0 Å². The molecule has 0 atom stereocenters. The van der Waals surface area contributed by atoms with Gasteiger partial charge in [0.2, 0.25) is 0 Å². The summed E-state index contributed by atoms with van der Waals surface area (Å²) in [5.41, 5.74) is 5.25. The van der Waals surface area contributed by atoms with E-state index in [-0.39, 0.29) is 11.3 Å². The molecule has 39 heavy (non-hydrogen) atoms. The third-order valence-corrected chi connectivity index (χ3v) is 8.59. The number of nitrogens with zero attached hydrogens (tertiary/aromatic N) is 2. The van der Waals surface area contributed by atoms with E-state index in [0.29, 0.717) is 29.3 Å². The highest BCUT2D eigenvalue weighted by Crippen LogP contribution is 2.38. The number of aromatic nitrogens is 1. The van der Waals surface area contributed by atoms with Gasteiger partial charge >= 0.3 is 6.03 Å². The SMILES string of the molecule is C=C1NCCN(C(=O)c2cc(C(C)(C)C)sc2NC(=O)Nc2cc(C)cc(-c3ccc(CC)nc3)c2)C1(C)C. The molecule has 0 saturated carbocycles. The molecule has 0 bridgehead atoms. The number of carbonyl (C=O) groups is 2. The first-order chi connectivity index (χ1) is 18.3. The minimum Gasteiger partial charge on any atom is -0.385 e. The van der Waals surface area contributed by atoms with Gasteiger partial charge in [-0.25, -0.2) is 4.79 Å². The zero-order chi connectivity index (χ0) is 28.5. The Morgan fingerprint density at radius 1 is 1.13 bits per heavy atom. The molecule has 0 spiro atoms. The molecule has 1 aromatic carbocycles. The lowest BCUT2D eigenvalue weighted by Gasteiger charge is -2.44. The largest absolute Gasteiger partial charge is 0.385 e. The zero-order valence-electron chi connectivity index (χ0n) is 24.0. The summed E-state index contributed by atoms with van der Waals surface area (Å²) < 4.78 is 0. The van der Waals surface area contributed by atoms with Crippen molar-refractivity contribution in [2.45, 2.75) is 65.8 Å². The summed E-state index contributed by atoms with van der Waals surface area (Å²) in [6, 6.07) is 11.5. The standard InChI is InChI=1S/C31H39N5O2S/c1-9-23-11-10-21(18-33-23)22-14-19(2)15-24(16-22)34-29(38)35-27-25(17-26(39-27)30(4,5)6)28(37)36-13-12-32-20(3)31(36,7)8/h10-11,14-18,32H,3,9,12-13H2,1-2,4-8H3,(H2,34,35,38). The zero-order valence-corrected chi connectivity index (χ0v) is 24.8. The maximum absolute atomic E-state index is 13.8. The molecule has 3 aromatic rings. The molecule has 3 heterocycles. The van der Waals surface area contributed by atoms with Gasteiger partial charge in [-0.15, -0.1) is 11.3 Å². The molecular formula is C31H39N5O2S. The van der Waals surface area contributed by atoms with Gasteiger partial charge in [0.05, 0.1) is 11.1 Å². The Morgan fingerprint density at radius 2 is 1.87 bits per heavy atom. The highest BCUT2D eigenvalue weighted by Gasteiger charge is 2.38. The van der Waals surface area contributed by atoms with Crippen molar-refractivity contribution in [3.8, 4) is 11.1 Å². The first kappa shape index (κ1) is 28.4. The Morgan fingerprint density at radius 3 is 2.51 bits per heavy atom. The van der Waals surface area contributed by atoms with Gasteiger partial charge in [0, 0.05) is 46.8 Å². The molecule has 1 aliphatic rings. The van der Waals surface area contributed by atoms with Gasteiger partial charge in [-0.3, -0.25) is 15.1 Å². The van der Waals surface area contributed by atoms with Crippen LogP contribution in [0.1, 0.15) is 68.0 Å². The van der Waals surface area contributed by atoms with Gasteiger partial charge in [0.25, 0.3) is 5.91 Å². The summed E-state index contributed by atoms with van der Waals surface area (Å²) in [4.78, 5) is 34.4. The van der Waals surface area contributed by atoms with Gasteiger partial charge in [0.15, 0.2) is 0 Å². The third kappa shape index (κ3) is 6.17. The number of benzene rings is 1. The molecule has 3 N–H and O–H groups in total. The quantitative estimate of drug-likeness (QED) is 0.323. The minimum absolute atomic E-state index is 0.120. The fourth-order valence-electron chi connectivity index (χ4n) is 4.58. The minimum atomic E-state index is -0.555. The van der Waals surface area contributed by atoms with Crippen molar-refractivity contribution in [3.05, 3.63) is 76.6 Å². The number of anilines is 2. The molecule has 0 aliphatic carbocycles. The van der Waals surface area contributed by atoms with Gasteiger partial charge in [-0.05, 0) is 68.0 Å². The second-order valence-corrected chi connectivity index (χ2v) is 12.6. The first-order valence-electron chi connectivity index (χ1n) is 13.3. The Labute approximate surface area is 235 Å². The van der Waals surface area contributed by atoms with E-state index in [2.05, 4.69) is 61.3 Å². The van der Waals surface area contributed by atoms with E-state index in [1.807, 2.05) is 62.2 Å². The second-order valence-electron chi connectivity index (χ2n) is 11.6. The van der Waals surface area contributed by atoms with Crippen LogP contribution >= 0.6 is 11.3 Å². The second kappa shape index (κ2) is 10.8. The number of carbonyl (C=O) groups excluding carboxylic acids is 2. The molecule has 1 aliphatic heterocycles. The van der Waals surface area contributed by atoms with Crippen LogP contribution in [-0.2, 0) is 11.8 Å². The number of hydrogen-bond acceptors (Lipinski definition) is 5. The van der Waals surface area contributed by atoms with Crippen LogP contribution in [0.25, 0.3) is 11.1 Å². The number of nitrogens with one attached hydrogen (secondary N) is 3. The highest BCUT2D eigenvalue weighted by atomic mass is 32.1. The van der Waals surface area contributed by atoms with E-state index < -0.39 is 11.6 Å². The van der Waals surface area contributed by atoms with Gasteiger partial charge in [-0.1, -0.05) is 46.4 Å². The number of hydrogen-bond donors (Lipinski definition) is 3. The number of piperazine rings is 1. The fourth-order valence-corrected chi connectivity index (χ4v) is 5.69. The smallest absolute Gasteiger partial charge is 0.324 e. The fraction of sp³-hybridized carbons (Fsp3) is 0.387. The monoisotopic (exact) mass is 545 g/mol. The van der Waals surface area contributed by atoms with Crippen molar-refractivity contribution in [1.29, 1.82) is 0 Å². The van der Waals surface area contributed by atoms with Crippen LogP contribution in [-0.4, -0.2) is 40.5 Å². The normalized spacial score (nSPS) is 15.1. The molecule has 3 amide bonds. The van der Waals surface area contributed by atoms with Crippen molar-refractivity contribution >= 4 is 34.0 Å². The summed E-state index contributed by atoms with van der Waals surface area (Å²) in [6.45, 7) is 19.6. The van der Waals surface area contributed by atoms with Crippen molar-refractivity contribution < 1.29 is 9.59 Å². The number of pyridine rings is 1. The van der Waals surface area contributed by atoms with Gasteiger partial charge < -0.3 is 15.5 Å². The number of aryl methyl sites for hydroxylation is 2. The summed E-state index contributed by atoms with van der Waals surface area (Å²) in [7, 11) is 0. The van der Waals surface area contributed by atoms with Crippen LogP contribution in [0, 0.1) is 6.92 Å². The van der Waals surface area contributed by atoms with Crippen molar-refractivity contribution in [2.24, 2.45) is 0 Å². The average Bonchev–Trinajstić information content (AvgIpc) is 3.29. The number of rotatable bonds is 5. The van der Waals surface area contributed by atoms with Crippen LogP contribution in [0.3, 0.4) is 0 Å². The summed E-state index contributed by atoms with van der Waals surface area (Å²) in [6.07, 6.45) is 2.74. The van der Waals surface area contributed by atoms with E-state index in [1.165, 1.54) is 11.3 Å². The lowest BCUT2D eigenvalue weighted by molar-refractivity contribution is 0.0559. The third-order valence-electron chi connectivity index (χ3n) is 7.12. The summed E-state index contributed by atoms with van der Waals surface area (Å²) in [5, 5.41) is 9.75. The molecule has 7 nitrogen and oxygen atoms in total. The summed E-state index contributed by atoms with van der Waals surface area (Å²) >= 11 is 1.44. The van der Waals surface area contributed by atoms with Crippen LogP contribution in [0.15, 0.2) is 54.9 Å². The Hall–Kier alpha value is -3.65. The van der Waals surface area contributed by atoms with Crippen LogP contribution in [0.2, 0.25) is 0 Å². The maximum Gasteiger partial charge on any atom is 0.324 e. The van der Waals surface area contributed by atoms with Crippen LogP contribution in [0.4, 0.5) is 15.5 Å². The predicted octanol–water partition coefficient (Wildman–Crippen LogP) is 6.96. The number of thiophene rings is 1. The predicted molar refractivity (Wildman–Crippen MR) is 162 cm³/mol. The Kier molecular flexibility index (Phi) is 7.89. The van der Waals surface area contributed by atoms with Crippen LogP contribution in [0.5, 0.6) is 0 Å². The number of amides is 3. The molecule has 1 saturated heterocycles. The topological polar surface area (TPSA) is 86.4 Å². The van der Waals surface area contributed by atoms with Crippen LogP contribution < -0.4 is 16.0 Å². The first-order valence-corrected chi connectivity index (χ1v) is 14.2. The van der Waals surface area contributed by atoms with E-state index in [9.17, 15) is 9.59 Å². The number of urea groups is 1. The molecule has 8 heteroatoms. The summed E-state index contributed by atoms with van der Waals surface area (Å²) in [5.74, 6) is -0.120. The Bertz CT molecular complexity index is 1400. The molecule has 1 fully saturated rings. The maximum atomic E-state index is 13.8. The van der Waals surface area contributed by atoms with Crippen molar-refractivity contribution in [1.82, 2.24) is 15.2 Å². The molecular weight excluding hydrogens is 506 g/mol. The van der Waals surface area contributed by atoms with Gasteiger partial charge in [0.1, 0.15) is 5.00 Å². The lowest BCUT2D eigenvalue weighted by Crippen LogP contribution is -2.58. The van der Waals surface area contributed by atoms with E-state index in [4.69, 9.17) is 0 Å². The van der Waals surface area contributed by atoms with Gasteiger partial charge in [-0.2, -0.15) is 0 Å². The molecule has 0 unspecified atom stereocenters. The highest BCUT2D eigenvalue weighted by molar-refractivity contribution is 7.16.